The largest absolute Gasteiger partial charge is 0.486 e. The van der Waals surface area contributed by atoms with Gasteiger partial charge in [-0.15, -0.1) is 0 Å². The molecule has 0 fully saturated rings. The molecular formula is C13H11F2N3O3. The van der Waals surface area contributed by atoms with Gasteiger partial charge in [0.1, 0.15) is 18.1 Å². The minimum Gasteiger partial charge on any atom is -0.486 e. The number of nitrogens with zero attached hydrogens (tertiary/aromatic N) is 1. The van der Waals surface area contributed by atoms with Crippen molar-refractivity contribution in [2.45, 2.75) is 6.61 Å². The van der Waals surface area contributed by atoms with Crippen LogP contribution in [0.4, 0.5) is 20.2 Å². The quantitative estimate of drug-likeness (QED) is 0.503. The summed E-state index contributed by atoms with van der Waals surface area (Å²) in [6.07, 6.45) is 0. The number of halogens is 2. The van der Waals surface area contributed by atoms with Crippen molar-refractivity contribution in [3.05, 3.63) is 63.7 Å². The second-order valence-electron chi connectivity index (χ2n) is 4.12. The topological polar surface area (TPSA) is 90.4 Å². The molecule has 0 radical (unpaired) electrons. The SMILES string of the molecule is NNc1cc(COc2cc(F)ccc2F)ccc1[N+](=O)[O-]. The lowest BCUT2D eigenvalue weighted by molar-refractivity contribution is -0.384. The third kappa shape index (κ3) is 3.42. The Bertz CT molecular complexity index is 680. The Hall–Kier alpha value is -2.74. The summed E-state index contributed by atoms with van der Waals surface area (Å²) in [5, 5.41) is 10.7. The van der Waals surface area contributed by atoms with Crippen molar-refractivity contribution < 1.29 is 18.4 Å². The average Bonchev–Trinajstić information content (AvgIpc) is 2.47. The molecule has 0 aliphatic rings. The van der Waals surface area contributed by atoms with Crippen LogP contribution in [0.25, 0.3) is 0 Å². The molecule has 0 aromatic heterocycles. The summed E-state index contributed by atoms with van der Waals surface area (Å²) in [6.45, 7) is -0.0902. The van der Waals surface area contributed by atoms with Crippen molar-refractivity contribution in [1.82, 2.24) is 0 Å². The number of nitrogens with two attached hydrogens (primary N) is 1. The van der Waals surface area contributed by atoms with Gasteiger partial charge in [-0.25, -0.2) is 8.78 Å². The minimum atomic E-state index is -0.699. The molecule has 0 aliphatic heterocycles. The maximum absolute atomic E-state index is 13.4. The Morgan fingerprint density at radius 1 is 1.24 bits per heavy atom. The van der Waals surface area contributed by atoms with E-state index in [1.807, 2.05) is 0 Å². The Labute approximate surface area is 118 Å². The maximum Gasteiger partial charge on any atom is 0.293 e. The van der Waals surface area contributed by atoms with Gasteiger partial charge in [-0.05, 0) is 29.8 Å². The summed E-state index contributed by atoms with van der Waals surface area (Å²) in [4.78, 5) is 10.1. The Kier molecular flexibility index (Phi) is 4.29. The second kappa shape index (κ2) is 6.14. The van der Waals surface area contributed by atoms with E-state index in [-0.39, 0.29) is 23.7 Å². The number of ether oxygens (including phenoxy) is 1. The number of nitrogens with one attached hydrogen (secondary N) is 1. The van der Waals surface area contributed by atoms with Crippen LogP contribution in [-0.2, 0) is 6.61 Å². The summed E-state index contributed by atoms with van der Waals surface area (Å²) in [7, 11) is 0. The average molecular weight is 295 g/mol. The molecule has 0 atom stereocenters. The molecule has 0 unspecified atom stereocenters. The Balaban J connectivity index is 2.17. The molecule has 0 bridgehead atoms. The summed E-state index contributed by atoms with van der Waals surface area (Å²) in [6, 6.07) is 6.93. The lowest BCUT2D eigenvalue weighted by Crippen LogP contribution is -2.10. The highest BCUT2D eigenvalue weighted by Crippen LogP contribution is 2.26. The normalized spacial score (nSPS) is 10.2. The number of hydrazine groups is 1. The molecule has 0 amide bonds. The van der Waals surface area contributed by atoms with Gasteiger partial charge in [0.2, 0.25) is 0 Å². The monoisotopic (exact) mass is 295 g/mol. The van der Waals surface area contributed by atoms with Gasteiger partial charge in [0.05, 0.1) is 4.92 Å². The fourth-order valence-corrected chi connectivity index (χ4v) is 1.70. The van der Waals surface area contributed by atoms with Gasteiger partial charge in [-0.3, -0.25) is 16.0 Å². The van der Waals surface area contributed by atoms with Crippen molar-refractivity contribution in [3.63, 3.8) is 0 Å². The molecular weight excluding hydrogens is 284 g/mol. The van der Waals surface area contributed by atoms with E-state index in [0.29, 0.717) is 5.56 Å². The van der Waals surface area contributed by atoms with E-state index in [1.54, 1.807) is 0 Å². The lowest BCUT2D eigenvalue weighted by atomic mass is 10.2. The molecule has 0 saturated carbocycles. The third-order valence-electron chi connectivity index (χ3n) is 2.70. The zero-order valence-corrected chi connectivity index (χ0v) is 10.7. The van der Waals surface area contributed by atoms with Crippen LogP contribution in [0.5, 0.6) is 5.75 Å². The van der Waals surface area contributed by atoms with E-state index in [0.717, 1.165) is 18.2 Å². The lowest BCUT2D eigenvalue weighted by Gasteiger charge is -2.09. The molecule has 2 rings (SSSR count). The van der Waals surface area contributed by atoms with Crippen LogP contribution in [0.15, 0.2) is 36.4 Å². The van der Waals surface area contributed by atoms with Gasteiger partial charge >= 0.3 is 0 Å². The zero-order chi connectivity index (χ0) is 15.4. The molecule has 0 heterocycles. The molecule has 8 heteroatoms. The Morgan fingerprint density at radius 2 is 2.00 bits per heavy atom. The molecule has 3 N–H and O–H groups in total. The number of nitrogen functional groups attached to an aromatic ring is 1. The van der Waals surface area contributed by atoms with E-state index >= 15 is 0 Å². The number of benzene rings is 2. The van der Waals surface area contributed by atoms with E-state index in [2.05, 4.69) is 5.43 Å². The summed E-state index contributed by atoms with van der Waals surface area (Å²) < 4.78 is 31.5. The molecule has 0 spiro atoms. The highest BCUT2D eigenvalue weighted by atomic mass is 19.1. The van der Waals surface area contributed by atoms with Crippen LogP contribution in [0, 0.1) is 21.7 Å². The van der Waals surface area contributed by atoms with E-state index < -0.39 is 16.6 Å². The number of anilines is 1. The fourth-order valence-electron chi connectivity index (χ4n) is 1.70. The fraction of sp³-hybridized carbons (Fsp3) is 0.0769. The van der Waals surface area contributed by atoms with Crippen LogP contribution in [-0.4, -0.2) is 4.92 Å². The van der Waals surface area contributed by atoms with Crippen molar-refractivity contribution in [2.75, 3.05) is 5.43 Å². The van der Waals surface area contributed by atoms with Gasteiger partial charge in [0.15, 0.2) is 11.6 Å². The van der Waals surface area contributed by atoms with Gasteiger partial charge < -0.3 is 10.2 Å². The van der Waals surface area contributed by atoms with Crippen LogP contribution in [0.3, 0.4) is 0 Å². The van der Waals surface area contributed by atoms with E-state index in [1.165, 1.54) is 18.2 Å². The third-order valence-corrected chi connectivity index (χ3v) is 2.70. The van der Waals surface area contributed by atoms with Gasteiger partial charge in [-0.2, -0.15) is 0 Å². The second-order valence-corrected chi connectivity index (χ2v) is 4.12. The predicted octanol–water partition coefficient (Wildman–Crippen LogP) is 2.74. The van der Waals surface area contributed by atoms with Crippen LogP contribution in [0.1, 0.15) is 5.56 Å². The number of hydrogen-bond acceptors (Lipinski definition) is 5. The smallest absolute Gasteiger partial charge is 0.293 e. The molecule has 0 saturated heterocycles. The summed E-state index contributed by atoms with van der Waals surface area (Å²) >= 11 is 0. The number of hydrogen-bond donors (Lipinski definition) is 2. The first-order chi connectivity index (χ1) is 10.0. The molecule has 6 nitrogen and oxygen atoms in total. The van der Waals surface area contributed by atoms with E-state index in [4.69, 9.17) is 10.6 Å². The zero-order valence-electron chi connectivity index (χ0n) is 10.7. The molecule has 21 heavy (non-hydrogen) atoms. The van der Waals surface area contributed by atoms with Crippen molar-refractivity contribution in [2.24, 2.45) is 5.84 Å². The number of nitro groups is 1. The standard InChI is InChI=1S/C13H11F2N3O3/c14-9-2-3-10(15)13(6-9)21-7-8-1-4-12(18(19)20)11(5-8)17-16/h1-6,17H,7,16H2. The van der Waals surface area contributed by atoms with Crippen LogP contribution >= 0.6 is 0 Å². The van der Waals surface area contributed by atoms with Crippen molar-refractivity contribution >= 4 is 11.4 Å². The van der Waals surface area contributed by atoms with Crippen molar-refractivity contribution in [1.29, 1.82) is 0 Å². The number of nitro benzene ring substituents is 1. The first-order valence-corrected chi connectivity index (χ1v) is 5.83. The predicted molar refractivity (Wildman–Crippen MR) is 71.6 cm³/mol. The number of rotatable bonds is 5. The molecule has 0 aliphatic carbocycles. The highest BCUT2D eigenvalue weighted by molar-refractivity contribution is 5.62. The summed E-state index contributed by atoms with van der Waals surface area (Å²) in [5.74, 6) is 3.64. The molecule has 110 valence electrons. The first kappa shape index (κ1) is 14.7. The summed E-state index contributed by atoms with van der Waals surface area (Å²) in [5.41, 5.74) is 2.62. The maximum atomic E-state index is 13.4. The molecule has 2 aromatic carbocycles. The minimum absolute atomic E-state index is 0.0902. The van der Waals surface area contributed by atoms with Gasteiger partial charge in [-0.1, -0.05) is 0 Å². The first-order valence-electron chi connectivity index (χ1n) is 5.83. The van der Waals surface area contributed by atoms with Gasteiger partial charge in [0, 0.05) is 12.1 Å². The Morgan fingerprint density at radius 3 is 2.67 bits per heavy atom. The van der Waals surface area contributed by atoms with Gasteiger partial charge in [0.25, 0.3) is 5.69 Å². The van der Waals surface area contributed by atoms with Crippen molar-refractivity contribution in [3.8, 4) is 5.75 Å². The van der Waals surface area contributed by atoms with Crippen LogP contribution < -0.4 is 16.0 Å². The van der Waals surface area contributed by atoms with E-state index in [9.17, 15) is 18.9 Å². The molecule has 2 aromatic rings. The van der Waals surface area contributed by atoms with Crippen LogP contribution in [0.2, 0.25) is 0 Å². The highest BCUT2D eigenvalue weighted by Gasteiger charge is 2.13.